The van der Waals surface area contributed by atoms with Crippen LogP contribution in [0.5, 0.6) is 5.75 Å². The van der Waals surface area contributed by atoms with Crippen LogP contribution in [0, 0.1) is 13.8 Å². The van der Waals surface area contributed by atoms with Gasteiger partial charge in [0.15, 0.2) is 6.61 Å². The summed E-state index contributed by atoms with van der Waals surface area (Å²) < 4.78 is 5.61. The van der Waals surface area contributed by atoms with Crippen LogP contribution in [0.25, 0.3) is 6.08 Å². The van der Waals surface area contributed by atoms with Crippen molar-refractivity contribution in [1.82, 2.24) is 4.90 Å². The number of aryl methyl sites for hydroxylation is 2. The summed E-state index contributed by atoms with van der Waals surface area (Å²) in [4.78, 5) is 50.9. The van der Waals surface area contributed by atoms with Crippen LogP contribution in [0.3, 0.4) is 0 Å². The molecule has 0 atom stereocenters. The summed E-state index contributed by atoms with van der Waals surface area (Å²) in [5.74, 6) is -0.879. The number of anilines is 2. The van der Waals surface area contributed by atoms with E-state index in [2.05, 4.69) is 10.6 Å². The number of carbonyl (C=O) groups is 4. The van der Waals surface area contributed by atoms with Gasteiger partial charge in [-0.3, -0.25) is 24.1 Å². The van der Waals surface area contributed by atoms with Gasteiger partial charge >= 0.3 is 0 Å². The van der Waals surface area contributed by atoms with E-state index < -0.39 is 17.1 Å². The Balaban J connectivity index is 1.35. The Morgan fingerprint density at radius 3 is 2.38 bits per heavy atom. The lowest BCUT2D eigenvalue weighted by molar-refractivity contribution is -0.127. The van der Waals surface area contributed by atoms with Crippen LogP contribution in [-0.2, 0) is 14.4 Å². The molecule has 0 spiro atoms. The van der Waals surface area contributed by atoms with E-state index in [1.807, 2.05) is 38.1 Å². The molecule has 2 N–H and O–H groups in total. The van der Waals surface area contributed by atoms with Crippen molar-refractivity contribution in [2.24, 2.45) is 0 Å². The van der Waals surface area contributed by atoms with Crippen LogP contribution in [-0.4, -0.2) is 41.0 Å². The molecule has 9 heteroatoms. The molecule has 1 saturated heterocycles. The summed E-state index contributed by atoms with van der Waals surface area (Å²) in [7, 11) is 0. The van der Waals surface area contributed by atoms with Gasteiger partial charge in [0.2, 0.25) is 5.91 Å². The van der Waals surface area contributed by atoms with E-state index in [1.165, 1.54) is 0 Å². The van der Waals surface area contributed by atoms with Gasteiger partial charge in [-0.25, -0.2) is 0 Å². The molecular formula is C28H25N3O5S. The highest BCUT2D eigenvalue weighted by Crippen LogP contribution is 2.32. The van der Waals surface area contributed by atoms with Crippen LogP contribution < -0.4 is 15.4 Å². The predicted molar refractivity (Wildman–Crippen MR) is 144 cm³/mol. The fourth-order valence-corrected chi connectivity index (χ4v) is 4.35. The number of thioether (sulfide) groups is 1. The molecule has 1 aliphatic heterocycles. The third-order valence-corrected chi connectivity index (χ3v) is 6.46. The highest BCUT2D eigenvalue weighted by Gasteiger charge is 2.36. The number of nitrogens with zero attached hydrogens (tertiary/aromatic N) is 1. The summed E-state index contributed by atoms with van der Waals surface area (Å²) >= 11 is 0.766. The summed E-state index contributed by atoms with van der Waals surface area (Å²) in [6.45, 7) is 3.40. The Bertz CT molecular complexity index is 1390. The third-order valence-electron chi connectivity index (χ3n) is 5.55. The van der Waals surface area contributed by atoms with Crippen molar-refractivity contribution in [3.05, 3.63) is 94.4 Å². The molecule has 0 radical (unpaired) electrons. The highest BCUT2D eigenvalue weighted by atomic mass is 32.2. The largest absolute Gasteiger partial charge is 0.484 e. The van der Waals surface area contributed by atoms with Crippen molar-refractivity contribution < 1.29 is 23.9 Å². The Kier molecular flexibility index (Phi) is 8.05. The van der Waals surface area contributed by atoms with Gasteiger partial charge in [0.1, 0.15) is 12.3 Å². The van der Waals surface area contributed by atoms with Gasteiger partial charge in [0, 0.05) is 11.4 Å². The first-order chi connectivity index (χ1) is 17.8. The average Bonchev–Trinajstić information content (AvgIpc) is 3.13. The van der Waals surface area contributed by atoms with Crippen LogP contribution in [0.1, 0.15) is 16.7 Å². The third kappa shape index (κ3) is 6.86. The molecule has 1 heterocycles. The number of hydrogen-bond acceptors (Lipinski definition) is 6. The van der Waals surface area contributed by atoms with E-state index in [0.29, 0.717) is 22.7 Å². The summed E-state index contributed by atoms with van der Waals surface area (Å²) in [5.41, 5.74) is 4.10. The normalized spacial score (nSPS) is 14.1. The van der Waals surface area contributed by atoms with Gasteiger partial charge in [-0.2, -0.15) is 0 Å². The van der Waals surface area contributed by atoms with Crippen LogP contribution >= 0.6 is 11.8 Å². The molecule has 3 aromatic carbocycles. The average molecular weight is 516 g/mol. The van der Waals surface area contributed by atoms with Gasteiger partial charge < -0.3 is 15.4 Å². The number of rotatable bonds is 8. The van der Waals surface area contributed by atoms with E-state index in [-0.39, 0.29) is 24.0 Å². The molecule has 0 unspecified atom stereocenters. The standard InChI is InChI=1S/C28H25N3O5S/c1-18-11-12-22(13-19(18)2)30-26(33)17-36-23-10-6-7-20(14-23)15-24-27(34)31(28(35)37-24)16-25(32)29-21-8-4-3-5-9-21/h3-15H,16-17H2,1-2H3,(H,29,32)(H,30,33)/b24-15-. The lowest BCUT2D eigenvalue weighted by Crippen LogP contribution is -2.36. The predicted octanol–water partition coefficient (Wildman–Crippen LogP) is 5.00. The number of carbonyl (C=O) groups excluding carboxylic acids is 4. The second-order valence-electron chi connectivity index (χ2n) is 8.39. The second kappa shape index (κ2) is 11.6. The van der Waals surface area contributed by atoms with Gasteiger partial charge in [0.05, 0.1) is 4.91 Å². The van der Waals surface area contributed by atoms with Crippen molar-refractivity contribution in [3.63, 3.8) is 0 Å². The molecule has 0 aliphatic carbocycles. The first-order valence-electron chi connectivity index (χ1n) is 11.5. The number of para-hydroxylation sites is 1. The molecule has 1 aliphatic rings. The molecule has 0 bridgehead atoms. The lowest BCUT2D eigenvalue weighted by atomic mass is 10.1. The van der Waals surface area contributed by atoms with E-state index >= 15 is 0 Å². The molecule has 0 saturated carbocycles. The van der Waals surface area contributed by atoms with Crippen molar-refractivity contribution in [3.8, 4) is 5.75 Å². The molecular weight excluding hydrogens is 490 g/mol. The van der Waals surface area contributed by atoms with Crippen molar-refractivity contribution in [2.75, 3.05) is 23.8 Å². The minimum absolute atomic E-state index is 0.191. The molecule has 8 nitrogen and oxygen atoms in total. The molecule has 4 amide bonds. The monoisotopic (exact) mass is 515 g/mol. The molecule has 1 fully saturated rings. The Morgan fingerprint density at radius 1 is 0.865 bits per heavy atom. The smallest absolute Gasteiger partial charge is 0.294 e. The second-order valence-corrected chi connectivity index (χ2v) is 9.38. The number of imide groups is 1. The Hall–Kier alpha value is -4.37. The quantitative estimate of drug-likeness (QED) is 0.409. The topological polar surface area (TPSA) is 105 Å². The van der Waals surface area contributed by atoms with E-state index in [0.717, 1.165) is 27.8 Å². The lowest BCUT2D eigenvalue weighted by Gasteiger charge is -2.12. The summed E-state index contributed by atoms with van der Waals surface area (Å²) in [6, 6.07) is 21.3. The van der Waals surface area contributed by atoms with E-state index in [1.54, 1.807) is 54.6 Å². The van der Waals surface area contributed by atoms with Gasteiger partial charge in [-0.1, -0.05) is 36.4 Å². The van der Waals surface area contributed by atoms with Gasteiger partial charge in [-0.15, -0.1) is 0 Å². The van der Waals surface area contributed by atoms with Gasteiger partial charge in [-0.05, 0) is 84.8 Å². The van der Waals surface area contributed by atoms with Gasteiger partial charge in [0.25, 0.3) is 17.1 Å². The van der Waals surface area contributed by atoms with Crippen molar-refractivity contribution >= 4 is 52.2 Å². The molecule has 37 heavy (non-hydrogen) atoms. The number of nitrogens with one attached hydrogen (secondary N) is 2. The van der Waals surface area contributed by atoms with Crippen molar-refractivity contribution in [2.45, 2.75) is 13.8 Å². The SMILES string of the molecule is Cc1ccc(NC(=O)COc2cccc(/C=C3\SC(=O)N(CC(=O)Nc4ccccc4)C3=O)c2)cc1C. The summed E-state index contributed by atoms with van der Waals surface area (Å²) in [5, 5.41) is 4.94. The number of hydrogen-bond donors (Lipinski definition) is 2. The first kappa shape index (κ1) is 25.7. The van der Waals surface area contributed by atoms with Crippen LogP contribution in [0.4, 0.5) is 16.2 Å². The minimum Gasteiger partial charge on any atom is -0.484 e. The zero-order chi connectivity index (χ0) is 26.4. The first-order valence-corrected chi connectivity index (χ1v) is 12.3. The fourth-order valence-electron chi connectivity index (χ4n) is 3.51. The Morgan fingerprint density at radius 2 is 1.62 bits per heavy atom. The highest BCUT2D eigenvalue weighted by molar-refractivity contribution is 8.18. The number of ether oxygens (including phenoxy) is 1. The maximum absolute atomic E-state index is 12.8. The fraction of sp³-hybridized carbons (Fsp3) is 0.143. The Labute approximate surface area is 218 Å². The van der Waals surface area contributed by atoms with Crippen LogP contribution in [0.15, 0.2) is 77.7 Å². The molecule has 188 valence electrons. The molecule has 0 aromatic heterocycles. The maximum atomic E-state index is 12.8. The maximum Gasteiger partial charge on any atom is 0.294 e. The molecule has 3 aromatic rings. The minimum atomic E-state index is -0.544. The van der Waals surface area contributed by atoms with Crippen molar-refractivity contribution in [1.29, 1.82) is 0 Å². The zero-order valence-corrected chi connectivity index (χ0v) is 21.1. The summed E-state index contributed by atoms with van der Waals surface area (Å²) in [6.07, 6.45) is 1.56. The number of amides is 4. The van der Waals surface area contributed by atoms with E-state index in [4.69, 9.17) is 4.74 Å². The van der Waals surface area contributed by atoms with E-state index in [9.17, 15) is 19.2 Å². The molecule has 4 rings (SSSR count). The van der Waals surface area contributed by atoms with Crippen LogP contribution in [0.2, 0.25) is 0 Å². The zero-order valence-electron chi connectivity index (χ0n) is 20.3. The number of benzene rings is 3.